The Bertz CT molecular complexity index is 2370. The Morgan fingerprint density at radius 1 is 0.841 bits per heavy atom. The van der Waals surface area contributed by atoms with Gasteiger partial charge in [-0.1, -0.05) is 60.7 Å². The van der Waals surface area contributed by atoms with Crippen molar-refractivity contribution in [1.29, 1.82) is 0 Å². The summed E-state index contributed by atoms with van der Waals surface area (Å²) in [5, 5.41) is 13.9. The number of aliphatic hydroxyl groups is 1. The number of aromatic nitrogens is 1. The molecule has 63 heavy (non-hydrogen) atoms. The number of β-lactam (4-membered cyclic amide) rings is 1. The largest absolute Gasteiger partial charge is 0.489 e. The molecule has 2 amide bonds. The number of ether oxygens (including phenoxy) is 4. The van der Waals surface area contributed by atoms with Crippen LogP contribution < -0.4 is 15.4 Å². The van der Waals surface area contributed by atoms with Gasteiger partial charge >= 0.3 is 17.9 Å². The lowest BCUT2D eigenvalue weighted by Crippen LogP contribution is -2.55. The van der Waals surface area contributed by atoms with E-state index in [9.17, 15) is 33.5 Å². The molecule has 1 saturated heterocycles. The molecule has 0 saturated carbocycles. The van der Waals surface area contributed by atoms with E-state index in [4.69, 9.17) is 24.7 Å². The first-order valence-corrected chi connectivity index (χ1v) is 21.4. The molecule has 6 rings (SSSR count). The van der Waals surface area contributed by atoms with Crippen LogP contribution in [0.25, 0.3) is 0 Å². The molecule has 330 valence electrons. The van der Waals surface area contributed by atoms with Crippen molar-refractivity contribution in [3.05, 3.63) is 147 Å². The van der Waals surface area contributed by atoms with Gasteiger partial charge in [0.1, 0.15) is 48.8 Å². The number of amides is 2. The fourth-order valence-electron chi connectivity index (χ4n) is 7.48. The molecule has 0 spiro atoms. The van der Waals surface area contributed by atoms with E-state index in [-0.39, 0.29) is 50.7 Å². The number of thiazole rings is 1. The SMILES string of the molecule is CC(=O)OCC(O)(CCc1ccc(OCc2ccccc2)c([C@@H]2[C@@H](CCC(OC(C)=O)c3ccc(F)cc3)C(=O)N2c2ccc(CCc3nc(C(N)=O)cs3)cc2)c1)COC(C)=O. The number of primary amides is 1. The summed E-state index contributed by atoms with van der Waals surface area (Å²) in [5.74, 6) is -2.96. The first kappa shape index (κ1) is 46.1. The molecular weight excluding hydrogens is 830 g/mol. The van der Waals surface area contributed by atoms with Crippen LogP contribution in [0.2, 0.25) is 0 Å². The van der Waals surface area contributed by atoms with Gasteiger partial charge in [-0.2, -0.15) is 0 Å². The number of halogens is 1. The van der Waals surface area contributed by atoms with Crippen molar-refractivity contribution in [1.82, 2.24) is 4.98 Å². The average molecular weight is 880 g/mol. The van der Waals surface area contributed by atoms with E-state index in [1.807, 2.05) is 72.8 Å². The molecule has 4 aromatic carbocycles. The molecule has 1 aromatic heterocycles. The molecule has 3 atom stereocenters. The van der Waals surface area contributed by atoms with Crippen LogP contribution in [-0.2, 0) is 59.3 Å². The number of carbonyl (C=O) groups excluding carboxylic acids is 5. The van der Waals surface area contributed by atoms with E-state index in [0.29, 0.717) is 41.8 Å². The smallest absolute Gasteiger partial charge is 0.303 e. The highest BCUT2D eigenvalue weighted by Gasteiger charge is 2.50. The number of rotatable bonds is 21. The maximum absolute atomic E-state index is 14.5. The number of hydrogen-bond donors (Lipinski definition) is 2. The van der Waals surface area contributed by atoms with Crippen molar-refractivity contribution in [3.8, 4) is 5.75 Å². The summed E-state index contributed by atoms with van der Waals surface area (Å²) in [5.41, 5.74) is 8.54. The standard InChI is InChI=1S/C48H50FN3O10S/c1-30(53)60-28-48(58,29-61-31(2)54)24-23-34-11-20-43(59-26-35-7-5-4-6-8-35)40(25-34)45-39(19-21-42(62-32(3)55)36-13-15-37(49)16-14-36)47(57)52(45)38-17-9-33(10-18-38)12-22-44-51-41(27-63-44)46(50)56/h4-11,13-18,20,25,27,39,42,45,58H,12,19,21-24,26,28-29H2,1-3H3,(H2,50,56)/t39-,42?,45+/m1/s1. The highest BCUT2D eigenvalue weighted by molar-refractivity contribution is 7.09. The number of nitrogens with zero attached hydrogens (tertiary/aromatic N) is 2. The minimum absolute atomic E-state index is 0.0575. The van der Waals surface area contributed by atoms with E-state index in [1.165, 1.54) is 44.2 Å². The number of anilines is 1. The topological polar surface area (TPSA) is 185 Å². The van der Waals surface area contributed by atoms with E-state index in [2.05, 4.69) is 4.98 Å². The van der Waals surface area contributed by atoms with Gasteiger partial charge < -0.3 is 34.7 Å². The fraction of sp³-hybridized carbons (Fsp3) is 0.333. The zero-order valence-corrected chi connectivity index (χ0v) is 36.1. The average Bonchev–Trinajstić information content (AvgIpc) is 3.75. The van der Waals surface area contributed by atoms with Gasteiger partial charge in [0.15, 0.2) is 0 Å². The van der Waals surface area contributed by atoms with E-state index < -0.39 is 53.3 Å². The molecule has 13 nitrogen and oxygen atoms in total. The Labute approximate surface area is 368 Å². The second-order valence-corrected chi connectivity index (χ2v) is 16.5. The number of benzene rings is 4. The first-order chi connectivity index (χ1) is 30.2. The molecule has 0 radical (unpaired) electrons. The summed E-state index contributed by atoms with van der Waals surface area (Å²) in [4.78, 5) is 67.7. The highest BCUT2D eigenvalue weighted by atomic mass is 32.1. The van der Waals surface area contributed by atoms with E-state index >= 15 is 0 Å². The Morgan fingerprint density at radius 3 is 2.13 bits per heavy atom. The minimum atomic E-state index is -1.68. The maximum Gasteiger partial charge on any atom is 0.303 e. The number of carbonyl (C=O) groups is 5. The predicted octanol–water partition coefficient (Wildman–Crippen LogP) is 7.32. The molecule has 0 bridgehead atoms. The van der Waals surface area contributed by atoms with Crippen molar-refractivity contribution in [2.45, 2.75) is 83.6 Å². The van der Waals surface area contributed by atoms with Crippen molar-refractivity contribution in [2.75, 3.05) is 18.1 Å². The van der Waals surface area contributed by atoms with Gasteiger partial charge in [-0.3, -0.25) is 24.0 Å². The number of nitrogens with two attached hydrogens (primary N) is 1. The quantitative estimate of drug-likeness (QED) is 0.0428. The fourth-order valence-corrected chi connectivity index (χ4v) is 8.26. The van der Waals surface area contributed by atoms with Crippen LogP contribution in [0.1, 0.15) is 95.5 Å². The molecule has 1 aliphatic heterocycles. The lowest BCUT2D eigenvalue weighted by molar-refractivity contribution is -0.161. The highest BCUT2D eigenvalue weighted by Crippen LogP contribution is 2.49. The first-order valence-electron chi connectivity index (χ1n) is 20.6. The second kappa shape index (κ2) is 21.1. The summed E-state index contributed by atoms with van der Waals surface area (Å²) < 4.78 is 36.4. The van der Waals surface area contributed by atoms with Crippen LogP contribution in [-0.4, -0.2) is 58.6 Å². The normalized spacial score (nSPS) is 15.3. The van der Waals surface area contributed by atoms with Crippen molar-refractivity contribution < 1.29 is 52.4 Å². The maximum atomic E-state index is 14.5. The number of aryl methyl sites for hydroxylation is 3. The number of esters is 3. The molecule has 15 heteroatoms. The summed E-state index contributed by atoms with van der Waals surface area (Å²) >= 11 is 1.37. The van der Waals surface area contributed by atoms with Crippen molar-refractivity contribution in [3.63, 3.8) is 0 Å². The van der Waals surface area contributed by atoms with Crippen molar-refractivity contribution >= 4 is 46.7 Å². The van der Waals surface area contributed by atoms with Crippen LogP contribution in [0.15, 0.2) is 102 Å². The zero-order chi connectivity index (χ0) is 45.1. The monoisotopic (exact) mass is 879 g/mol. The van der Waals surface area contributed by atoms with Gasteiger partial charge in [0.25, 0.3) is 5.91 Å². The molecular formula is C48H50FN3O10S. The van der Waals surface area contributed by atoms with Gasteiger partial charge in [0.2, 0.25) is 5.91 Å². The Hall–Kier alpha value is -6.45. The van der Waals surface area contributed by atoms with Gasteiger partial charge in [0.05, 0.1) is 17.0 Å². The summed E-state index contributed by atoms with van der Waals surface area (Å²) in [6.45, 7) is 3.20. The van der Waals surface area contributed by atoms with Gasteiger partial charge in [-0.25, -0.2) is 9.37 Å². The van der Waals surface area contributed by atoms with Crippen LogP contribution >= 0.6 is 11.3 Å². The Balaban J connectivity index is 1.34. The predicted molar refractivity (Wildman–Crippen MR) is 232 cm³/mol. The van der Waals surface area contributed by atoms with Crippen LogP contribution in [0.3, 0.4) is 0 Å². The zero-order valence-electron chi connectivity index (χ0n) is 35.3. The van der Waals surface area contributed by atoms with E-state index in [1.54, 1.807) is 22.4 Å². The Morgan fingerprint density at radius 2 is 1.51 bits per heavy atom. The van der Waals surface area contributed by atoms with Crippen LogP contribution in [0.5, 0.6) is 5.75 Å². The molecule has 1 aliphatic rings. The summed E-state index contributed by atoms with van der Waals surface area (Å²) in [7, 11) is 0. The third-order valence-electron chi connectivity index (χ3n) is 10.7. The molecule has 5 aromatic rings. The summed E-state index contributed by atoms with van der Waals surface area (Å²) in [6.07, 6.45) is 1.36. The number of hydrogen-bond acceptors (Lipinski definition) is 12. The van der Waals surface area contributed by atoms with Gasteiger partial charge in [0, 0.05) is 43.8 Å². The Kier molecular flexibility index (Phi) is 15.4. The van der Waals surface area contributed by atoms with Gasteiger partial charge in [-0.15, -0.1) is 11.3 Å². The molecule has 3 N–H and O–H groups in total. The third-order valence-corrected chi connectivity index (χ3v) is 11.7. The lowest BCUT2D eigenvalue weighted by atomic mass is 9.77. The van der Waals surface area contributed by atoms with Gasteiger partial charge in [-0.05, 0) is 90.8 Å². The van der Waals surface area contributed by atoms with E-state index in [0.717, 1.165) is 21.7 Å². The summed E-state index contributed by atoms with van der Waals surface area (Å²) in [6, 6.07) is 28.0. The second-order valence-electron chi connectivity index (χ2n) is 15.6. The molecule has 2 heterocycles. The minimum Gasteiger partial charge on any atom is -0.489 e. The molecule has 1 fully saturated rings. The third kappa shape index (κ3) is 12.6. The van der Waals surface area contributed by atoms with Crippen LogP contribution in [0.4, 0.5) is 10.1 Å². The van der Waals surface area contributed by atoms with Crippen molar-refractivity contribution in [2.24, 2.45) is 11.7 Å². The van der Waals surface area contributed by atoms with Crippen LogP contribution in [0, 0.1) is 11.7 Å². The lowest BCUT2D eigenvalue weighted by Gasteiger charge is -2.48. The molecule has 1 unspecified atom stereocenters. The molecule has 0 aliphatic carbocycles.